The Morgan fingerprint density at radius 3 is 2.48 bits per heavy atom. The highest BCUT2D eigenvalue weighted by Crippen LogP contribution is 2.64. The van der Waals surface area contributed by atoms with E-state index in [0.717, 1.165) is 44.9 Å². The third-order valence-electron chi connectivity index (χ3n) is 7.89. The summed E-state index contributed by atoms with van der Waals surface area (Å²) < 4.78 is 0. The average Bonchev–Trinajstić information content (AvgIpc) is 2.50. The first-order chi connectivity index (χ1) is 10.7. The molecule has 3 aliphatic rings. The van der Waals surface area contributed by atoms with Crippen molar-refractivity contribution in [1.82, 2.24) is 0 Å². The second-order valence-electron chi connectivity index (χ2n) is 8.95. The molecule has 0 aromatic heterocycles. The van der Waals surface area contributed by atoms with E-state index in [2.05, 4.69) is 13.5 Å². The molecule has 0 heterocycles. The van der Waals surface area contributed by atoms with Crippen molar-refractivity contribution in [3.05, 3.63) is 12.7 Å². The number of ketones is 1. The van der Waals surface area contributed by atoms with Gasteiger partial charge in [-0.1, -0.05) is 19.4 Å². The van der Waals surface area contributed by atoms with Crippen LogP contribution in [0, 0.1) is 34.0 Å². The number of aliphatic carboxylic acids is 1. The molecule has 6 atom stereocenters. The largest absolute Gasteiger partial charge is 0.481 e. The molecule has 3 saturated carbocycles. The predicted molar refractivity (Wildman–Crippen MR) is 89.9 cm³/mol. The highest BCUT2D eigenvalue weighted by atomic mass is 16.4. The lowest BCUT2D eigenvalue weighted by Gasteiger charge is -2.60. The SMILES string of the molecule is C=C[C@@]1(C)CC[C@@H]2[C@@H](CC[C@@H]3[C@]2(C)CCC[C@@]3(C)C(=O)O)C1=O. The molecular formula is C20H30O3. The van der Waals surface area contributed by atoms with Crippen molar-refractivity contribution < 1.29 is 14.7 Å². The summed E-state index contributed by atoms with van der Waals surface area (Å²) in [6, 6.07) is 0. The van der Waals surface area contributed by atoms with Crippen molar-refractivity contribution in [3.8, 4) is 0 Å². The molecule has 0 aliphatic heterocycles. The molecule has 23 heavy (non-hydrogen) atoms. The fraction of sp³-hybridized carbons (Fsp3) is 0.800. The maximum absolute atomic E-state index is 13.0. The van der Waals surface area contributed by atoms with Crippen LogP contribution in [0.15, 0.2) is 12.7 Å². The fourth-order valence-electron chi connectivity index (χ4n) is 6.32. The number of carbonyl (C=O) groups is 2. The Labute approximate surface area is 139 Å². The maximum Gasteiger partial charge on any atom is 0.309 e. The van der Waals surface area contributed by atoms with E-state index in [9.17, 15) is 14.7 Å². The quantitative estimate of drug-likeness (QED) is 0.765. The number of allylic oxidation sites excluding steroid dienone is 1. The van der Waals surface area contributed by atoms with Crippen LogP contribution in [0.3, 0.4) is 0 Å². The van der Waals surface area contributed by atoms with Crippen LogP contribution < -0.4 is 0 Å². The lowest BCUT2D eigenvalue weighted by Crippen LogP contribution is -2.58. The van der Waals surface area contributed by atoms with Crippen molar-refractivity contribution in [1.29, 1.82) is 0 Å². The van der Waals surface area contributed by atoms with E-state index in [1.807, 2.05) is 19.9 Å². The van der Waals surface area contributed by atoms with Crippen LogP contribution in [0.2, 0.25) is 0 Å². The van der Waals surface area contributed by atoms with Gasteiger partial charge in [-0.15, -0.1) is 6.58 Å². The molecule has 3 rings (SSSR count). The molecule has 1 N–H and O–H groups in total. The molecule has 3 aliphatic carbocycles. The second kappa shape index (κ2) is 5.19. The van der Waals surface area contributed by atoms with Crippen molar-refractivity contribution in [2.45, 2.75) is 65.7 Å². The van der Waals surface area contributed by atoms with Crippen LogP contribution in [0.5, 0.6) is 0 Å². The number of carbonyl (C=O) groups excluding carboxylic acids is 1. The Hall–Kier alpha value is -1.12. The van der Waals surface area contributed by atoms with Gasteiger partial charge >= 0.3 is 5.97 Å². The Balaban J connectivity index is 1.97. The van der Waals surface area contributed by atoms with Gasteiger partial charge in [-0.3, -0.25) is 9.59 Å². The van der Waals surface area contributed by atoms with Crippen LogP contribution in [0.1, 0.15) is 65.7 Å². The van der Waals surface area contributed by atoms with Gasteiger partial charge in [0.1, 0.15) is 5.78 Å². The molecule has 0 aromatic rings. The van der Waals surface area contributed by atoms with E-state index in [0.29, 0.717) is 11.7 Å². The minimum absolute atomic E-state index is 0.00747. The molecular weight excluding hydrogens is 288 g/mol. The van der Waals surface area contributed by atoms with E-state index in [1.54, 1.807) is 0 Å². The van der Waals surface area contributed by atoms with Gasteiger partial charge in [-0.2, -0.15) is 0 Å². The summed E-state index contributed by atoms with van der Waals surface area (Å²) in [6.07, 6.45) is 8.27. The summed E-state index contributed by atoms with van der Waals surface area (Å²) in [4.78, 5) is 25.0. The lowest BCUT2D eigenvalue weighted by molar-refractivity contribution is -0.175. The second-order valence-corrected chi connectivity index (χ2v) is 8.95. The van der Waals surface area contributed by atoms with Gasteiger partial charge in [0.15, 0.2) is 0 Å². The number of carboxylic acid groups (broad SMARTS) is 1. The maximum atomic E-state index is 13.0. The van der Waals surface area contributed by atoms with E-state index >= 15 is 0 Å². The first-order valence-corrected chi connectivity index (χ1v) is 9.10. The summed E-state index contributed by atoms with van der Waals surface area (Å²) in [5.41, 5.74) is -1.01. The zero-order valence-corrected chi connectivity index (χ0v) is 14.7. The summed E-state index contributed by atoms with van der Waals surface area (Å²) in [6.45, 7) is 10.1. The summed E-state index contributed by atoms with van der Waals surface area (Å²) in [5.74, 6) is 0.351. The monoisotopic (exact) mass is 318 g/mol. The molecule has 0 aromatic carbocycles. The highest BCUT2D eigenvalue weighted by Gasteiger charge is 2.61. The minimum Gasteiger partial charge on any atom is -0.481 e. The number of carboxylic acids is 1. The predicted octanol–water partition coefficient (Wildman–Crippen LogP) is 4.47. The Morgan fingerprint density at radius 2 is 1.87 bits per heavy atom. The van der Waals surface area contributed by atoms with Crippen molar-refractivity contribution in [3.63, 3.8) is 0 Å². The molecule has 3 heteroatoms. The van der Waals surface area contributed by atoms with Crippen LogP contribution in [-0.4, -0.2) is 16.9 Å². The highest BCUT2D eigenvalue weighted by molar-refractivity contribution is 5.89. The normalized spacial score (nSPS) is 49.9. The van der Waals surface area contributed by atoms with Gasteiger partial charge in [0.05, 0.1) is 5.41 Å². The Kier molecular flexibility index (Phi) is 3.77. The van der Waals surface area contributed by atoms with Gasteiger partial charge in [0.25, 0.3) is 0 Å². The molecule has 0 radical (unpaired) electrons. The zero-order chi connectivity index (χ0) is 17.0. The van der Waals surface area contributed by atoms with Crippen LogP contribution in [0.25, 0.3) is 0 Å². The summed E-state index contributed by atoms with van der Waals surface area (Å²) in [5, 5.41) is 9.84. The third kappa shape index (κ3) is 2.15. The molecule has 3 fully saturated rings. The summed E-state index contributed by atoms with van der Waals surface area (Å²) in [7, 11) is 0. The third-order valence-corrected chi connectivity index (χ3v) is 7.89. The van der Waals surface area contributed by atoms with Crippen LogP contribution in [-0.2, 0) is 9.59 Å². The first-order valence-electron chi connectivity index (χ1n) is 9.10. The van der Waals surface area contributed by atoms with E-state index in [1.165, 1.54) is 0 Å². The lowest BCUT2D eigenvalue weighted by atomic mass is 9.43. The van der Waals surface area contributed by atoms with Gasteiger partial charge in [0.2, 0.25) is 0 Å². The molecule has 3 nitrogen and oxygen atoms in total. The number of rotatable bonds is 2. The molecule has 0 saturated heterocycles. The van der Waals surface area contributed by atoms with Gasteiger partial charge in [-0.25, -0.2) is 0 Å². The average molecular weight is 318 g/mol. The standard InChI is InChI=1S/C20H30O3/c1-5-18(2)12-9-14-13(16(18)21)7-8-15-19(14,3)10-6-11-20(15,4)17(22)23/h5,13-15H,1,6-12H2,2-4H3,(H,22,23)/t13-,14-,15-,18+,19-,20-/m1/s1. The summed E-state index contributed by atoms with van der Waals surface area (Å²) >= 11 is 0. The van der Waals surface area contributed by atoms with E-state index in [4.69, 9.17) is 0 Å². The van der Waals surface area contributed by atoms with Crippen molar-refractivity contribution in [2.24, 2.45) is 34.0 Å². The Morgan fingerprint density at radius 1 is 1.17 bits per heavy atom. The Bertz CT molecular complexity index is 553. The van der Waals surface area contributed by atoms with Crippen molar-refractivity contribution >= 4 is 11.8 Å². The van der Waals surface area contributed by atoms with Gasteiger partial charge in [-0.05, 0) is 69.6 Å². The number of fused-ring (bicyclic) bond motifs is 3. The van der Waals surface area contributed by atoms with E-state index in [-0.39, 0.29) is 22.7 Å². The van der Waals surface area contributed by atoms with Crippen molar-refractivity contribution in [2.75, 3.05) is 0 Å². The van der Waals surface area contributed by atoms with Crippen LogP contribution in [0.4, 0.5) is 0 Å². The molecule has 128 valence electrons. The smallest absolute Gasteiger partial charge is 0.309 e. The molecule has 0 unspecified atom stereocenters. The number of hydrogen-bond acceptors (Lipinski definition) is 2. The topological polar surface area (TPSA) is 54.4 Å². The van der Waals surface area contributed by atoms with E-state index < -0.39 is 11.4 Å². The minimum atomic E-state index is -0.648. The fourth-order valence-corrected chi connectivity index (χ4v) is 6.32. The van der Waals surface area contributed by atoms with Crippen LogP contribution >= 0.6 is 0 Å². The molecule has 0 bridgehead atoms. The number of hydrogen-bond donors (Lipinski definition) is 1. The van der Waals surface area contributed by atoms with Gasteiger partial charge in [0, 0.05) is 11.3 Å². The number of Topliss-reactive ketones (excluding diaryl/α,β-unsaturated/α-hetero) is 1. The van der Waals surface area contributed by atoms with Gasteiger partial charge < -0.3 is 5.11 Å². The molecule has 0 amide bonds. The first kappa shape index (κ1) is 16.7. The zero-order valence-electron chi connectivity index (χ0n) is 14.7. The molecule has 0 spiro atoms.